The summed E-state index contributed by atoms with van der Waals surface area (Å²) in [6.45, 7) is 1.72. The van der Waals surface area contributed by atoms with Gasteiger partial charge in [0.2, 0.25) is 0 Å². The molecule has 138 valence electrons. The SMILES string of the molecule is COc1ccc(C(=O)N/N=C(\C)c2ccc3ccccc3c2O)cc1OC. The number of benzene rings is 3. The molecule has 3 aromatic carbocycles. The number of carbonyl (C=O) groups excluding carboxylic acids is 1. The number of aromatic hydroxyl groups is 1. The van der Waals surface area contributed by atoms with Crippen LogP contribution < -0.4 is 14.9 Å². The highest BCUT2D eigenvalue weighted by Crippen LogP contribution is 2.29. The molecule has 0 aliphatic heterocycles. The summed E-state index contributed by atoms with van der Waals surface area (Å²) in [6, 6.07) is 16.1. The maximum atomic E-state index is 12.4. The summed E-state index contributed by atoms with van der Waals surface area (Å²) >= 11 is 0. The molecule has 6 nitrogen and oxygen atoms in total. The van der Waals surface area contributed by atoms with E-state index in [0.717, 1.165) is 10.8 Å². The molecule has 0 saturated heterocycles. The van der Waals surface area contributed by atoms with Gasteiger partial charge in [-0.15, -0.1) is 0 Å². The van der Waals surface area contributed by atoms with Gasteiger partial charge in [-0.3, -0.25) is 4.79 Å². The van der Waals surface area contributed by atoms with E-state index in [-0.39, 0.29) is 5.75 Å². The van der Waals surface area contributed by atoms with Crippen molar-refractivity contribution in [2.75, 3.05) is 14.2 Å². The number of rotatable bonds is 5. The minimum Gasteiger partial charge on any atom is -0.507 e. The number of carbonyl (C=O) groups is 1. The fraction of sp³-hybridized carbons (Fsp3) is 0.143. The largest absolute Gasteiger partial charge is 0.507 e. The lowest BCUT2D eigenvalue weighted by Crippen LogP contribution is -2.19. The van der Waals surface area contributed by atoms with E-state index in [2.05, 4.69) is 10.5 Å². The molecule has 0 aliphatic carbocycles. The quantitative estimate of drug-likeness (QED) is 0.534. The van der Waals surface area contributed by atoms with Crippen molar-refractivity contribution in [2.45, 2.75) is 6.92 Å². The Bertz CT molecular complexity index is 1030. The second-order valence-corrected chi connectivity index (χ2v) is 5.89. The van der Waals surface area contributed by atoms with Gasteiger partial charge in [0.1, 0.15) is 5.75 Å². The maximum absolute atomic E-state index is 12.4. The summed E-state index contributed by atoms with van der Waals surface area (Å²) in [5.74, 6) is 0.734. The van der Waals surface area contributed by atoms with Crippen molar-refractivity contribution in [2.24, 2.45) is 5.10 Å². The Balaban J connectivity index is 1.83. The van der Waals surface area contributed by atoms with E-state index >= 15 is 0 Å². The summed E-state index contributed by atoms with van der Waals surface area (Å²) < 4.78 is 10.4. The average Bonchev–Trinajstić information content (AvgIpc) is 2.71. The third-order valence-electron chi connectivity index (χ3n) is 4.26. The van der Waals surface area contributed by atoms with Gasteiger partial charge in [0.15, 0.2) is 11.5 Å². The smallest absolute Gasteiger partial charge is 0.271 e. The summed E-state index contributed by atoms with van der Waals surface area (Å²) in [4.78, 5) is 12.4. The first kappa shape index (κ1) is 18.3. The van der Waals surface area contributed by atoms with E-state index in [1.165, 1.54) is 14.2 Å². The number of hydrazone groups is 1. The van der Waals surface area contributed by atoms with Crippen LogP contribution in [-0.2, 0) is 0 Å². The van der Waals surface area contributed by atoms with Gasteiger partial charge in [-0.25, -0.2) is 5.43 Å². The Morgan fingerprint density at radius 3 is 2.48 bits per heavy atom. The van der Waals surface area contributed by atoms with Gasteiger partial charge in [-0.1, -0.05) is 30.3 Å². The molecule has 0 bridgehead atoms. The third-order valence-corrected chi connectivity index (χ3v) is 4.26. The molecule has 0 saturated carbocycles. The number of ether oxygens (including phenoxy) is 2. The maximum Gasteiger partial charge on any atom is 0.271 e. The fourth-order valence-electron chi connectivity index (χ4n) is 2.78. The second kappa shape index (κ2) is 7.78. The van der Waals surface area contributed by atoms with Gasteiger partial charge in [-0.2, -0.15) is 5.10 Å². The molecule has 6 heteroatoms. The molecule has 0 heterocycles. The summed E-state index contributed by atoms with van der Waals surface area (Å²) in [6.07, 6.45) is 0. The van der Waals surface area contributed by atoms with E-state index in [1.54, 1.807) is 31.2 Å². The number of phenols is 1. The van der Waals surface area contributed by atoms with Crippen LogP contribution >= 0.6 is 0 Å². The summed E-state index contributed by atoms with van der Waals surface area (Å²) in [5.41, 5.74) is 3.93. The number of phenolic OH excluding ortho intramolecular Hbond substituents is 1. The summed E-state index contributed by atoms with van der Waals surface area (Å²) in [5, 5.41) is 16.3. The van der Waals surface area contributed by atoms with Crippen molar-refractivity contribution in [3.63, 3.8) is 0 Å². The van der Waals surface area contributed by atoms with Gasteiger partial charge < -0.3 is 14.6 Å². The van der Waals surface area contributed by atoms with E-state index in [1.807, 2.05) is 30.3 Å². The van der Waals surface area contributed by atoms with Gasteiger partial charge >= 0.3 is 0 Å². The zero-order chi connectivity index (χ0) is 19.4. The Labute approximate surface area is 157 Å². The van der Waals surface area contributed by atoms with Gasteiger partial charge in [0.05, 0.1) is 19.9 Å². The zero-order valence-corrected chi connectivity index (χ0v) is 15.3. The molecule has 0 radical (unpaired) electrons. The molecule has 0 atom stereocenters. The van der Waals surface area contributed by atoms with Crippen molar-refractivity contribution in [1.29, 1.82) is 0 Å². The van der Waals surface area contributed by atoms with Crippen molar-refractivity contribution >= 4 is 22.4 Å². The number of nitrogens with one attached hydrogen (secondary N) is 1. The number of fused-ring (bicyclic) bond motifs is 1. The minimum atomic E-state index is -0.393. The molecule has 3 rings (SSSR count). The van der Waals surface area contributed by atoms with Crippen LogP contribution in [0.5, 0.6) is 17.2 Å². The minimum absolute atomic E-state index is 0.134. The van der Waals surface area contributed by atoms with Crippen LogP contribution in [0.2, 0.25) is 0 Å². The molecular weight excluding hydrogens is 344 g/mol. The van der Waals surface area contributed by atoms with Crippen LogP contribution in [0.25, 0.3) is 10.8 Å². The van der Waals surface area contributed by atoms with Crippen molar-refractivity contribution < 1.29 is 19.4 Å². The first-order chi connectivity index (χ1) is 13.0. The molecule has 0 unspecified atom stereocenters. The fourth-order valence-corrected chi connectivity index (χ4v) is 2.78. The standard InChI is InChI=1S/C21H20N2O4/c1-13(16-10-8-14-6-4-5-7-17(14)20(16)24)22-23-21(25)15-9-11-18(26-2)19(12-15)27-3/h4-12,24H,1-3H3,(H,23,25)/b22-13+. The molecule has 0 spiro atoms. The van der Waals surface area contributed by atoms with Crippen molar-refractivity contribution in [1.82, 2.24) is 5.43 Å². The number of nitrogens with zero attached hydrogens (tertiary/aromatic N) is 1. The first-order valence-corrected chi connectivity index (χ1v) is 8.33. The Morgan fingerprint density at radius 1 is 1.00 bits per heavy atom. The zero-order valence-electron chi connectivity index (χ0n) is 15.3. The first-order valence-electron chi connectivity index (χ1n) is 8.33. The third kappa shape index (κ3) is 3.69. The molecule has 3 aromatic rings. The number of hydrogen-bond donors (Lipinski definition) is 2. The number of amides is 1. The van der Waals surface area contributed by atoms with E-state index in [4.69, 9.17) is 9.47 Å². The van der Waals surface area contributed by atoms with E-state index in [9.17, 15) is 9.90 Å². The highest BCUT2D eigenvalue weighted by Gasteiger charge is 2.12. The lowest BCUT2D eigenvalue weighted by Gasteiger charge is -2.10. The van der Waals surface area contributed by atoms with Gasteiger partial charge in [0.25, 0.3) is 5.91 Å². The van der Waals surface area contributed by atoms with E-state index < -0.39 is 5.91 Å². The van der Waals surface area contributed by atoms with Crippen LogP contribution in [-0.4, -0.2) is 30.9 Å². The van der Waals surface area contributed by atoms with Crippen LogP contribution in [0.1, 0.15) is 22.8 Å². The lowest BCUT2D eigenvalue weighted by molar-refractivity contribution is 0.0954. The molecule has 1 amide bonds. The number of methoxy groups -OCH3 is 2. The predicted octanol–water partition coefficient (Wildman–Crippen LogP) is 3.72. The summed E-state index contributed by atoms with van der Waals surface area (Å²) in [7, 11) is 3.03. The molecular formula is C21H20N2O4. The monoisotopic (exact) mass is 364 g/mol. The second-order valence-electron chi connectivity index (χ2n) is 5.89. The molecule has 2 N–H and O–H groups in total. The molecule has 0 aliphatic rings. The Hall–Kier alpha value is -3.54. The lowest BCUT2D eigenvalue weighted by atomic mass is 10.0. The topological polar surface area (TPSA) is 80.2 Å². The van der Waals surface area contributed by atoms with Gasteiger partial charge in [0, 0.05) is 16.5 Å². The van der Waals surface area contributed by atoms with Gasteiger partial charge in [-0.05, 0) is 36.6 Å². The van der Waals surface area contributed by atoms with Crippen LogP contribution in [0.3, 0.4) is 0 Å². The Kier molecular flexibility index (Phi) is 5.26. The highest BCUT2D eigenvalue weighted by molar-refractivity contribution is 6.07. The average molecular weight is 364 g/mol. The van der Waals surface area contributed by atoms with Crippen LogP contribution in [0.4, 0.5) is 0 Å². The molecule has 0 fully saturated rings. The van der Waals surface area contributed by atoms with Crippen LogP contribution in [0.15, 0.2) is 59.7 Å². The number of hydrogen-bond acceptors (Lipinski definition) is 5. The molecule has 27 heavy (non-hydrogen) atoms. The van der Waals surface area contributed by atoms with Crippen LogP contribution in [0, 0.1) is 0 Å². The van der Waals surface area contributed by atoms with Crippen molar-refractivity contribution in [3.05, 3.63) is 65.7 Å². The highest BCUT2D eigenvalue weighted by atomic mass is 16.5. The normalized spacial score (nSPS) is 11.3. The predicted molar refractivity (Wildman–Crippen MR) is 105 cm³/mol. The van der Waals surface area contributed by atoms with Crippen molar-refractivity contribution in [3.8, 4) is 17.2 Å². The van der Waals surface area contributed by atoms with E-state index in [0.29, 0.717) is 28.3 Å². The Morgan fingerprint density at radius 2 is 1.74 bits per heavy atom. The molecule has 0 aromatic heterocycles.